The molecule has 0 radical (unpaired) electrons. The van der Waals surface area contributed by atoms with E-state index in [1.807, 2.05) is 17.7 Å². The highest BCUT2D eigenvalue weighted by Crippen LogP contribution is 2.01. The van der Waals surface area contributed by atoms with Crippen LogP contribution in [0.2, 0.25) is 0 Å². The first-order valence-electron chi connectivity index (χ1n) is 5.57. The summed E-state index contributed by atoms with van der Waals surface area (Å²) < 4.78 is 25.7. The zero-order valence-electron chi connectivity index (χ0n) is 10.5. The van der Waals surface area contributed by atoms with Gasteiger partial charge in [-0.05, 0) is 6.92 Å². The molecule has 1 rings (SSSR count). The van der Waals surface area contributed by atoms with Crippen molar-refractivity contribution >= 4 is 15.9 Å². The van der Waals surface area contributed by atoms with E-state index in [4.69, 9.17) is 0 Å². The molecule has 18 heavy (non-hydrogen) atoms. The number of amides is 1. The Bertz CT molecular complexity index is 469. The van der Waals surface area contributed by atoms with Crippen molar-refractivity contribution in [3.63, 3.8) is 0 Å². The molecule has 0 fully saturated rings. The highest BCUT2D eigenvalue weighted by molar-refractivity contribution is 7.88. The molecule has 0 bridgehead atoms. The van der Waals surface area contributed by atoms with E-state index in [0.717, 1.165) is 6.26 Å². The zero-order chi connectivity index (χ0) is 13.6. The van der Waals surface area contributed by atoms with Gasteiger partial charge in [0.15, 0.2) is 0 Å². The Kier molecular flexibility index (Phi) is 5.29. The molecule has 2 N–H and O–H groups in total. The number of carbonyl (C=O) groups is 1. The van der Waals surface area contributed by atoms with Gasteiger partial charge in [-0.1, -0.05) is 0 Å². The highest BCUT2D eigenvalue weighted by atomic mass is 32.2. The molecule has 1 heterocycles. The van der Waals surface area contributed by atoms with E-state index >= 15 is 0 Å². The number of imidazole rings is 1. The summed E-state index contributed by atoms with van der Waals surface area (Å²) in [5.74, 6) is -0.182. The molecule has 0 aliphatic rings. The molecule has 0 saturated carbocycles. The van der Waals surface area contributed by atoms with Crippen molar-refractivity contribution in [1.82, 2.24) is 19.6 Å². The molecule has 0 spiro atoms. The van der Waals surface area contributed by atoms with E-state index in [1.165, 1.54) is 0 Å². The zero-order valence-corrected chi connectivity index (χ0v) is 11.3. The second-order valence-corrected chi connectivity index (χ2v) is 5.91. The number of nitrogens with one attached hydrogen (secondary N) is 2. The maximum atomic E-state index is 11.4. The SMILES string of the molecule is CC(CNC(=O)CCNS(C)(=O)=O)n1ccnc1. The number of hydrogen-bond acceptors (Lipinski definition) is 4. The lowest BCUT2D eigenvalue weighted by molar-refractivity contribution is -0.121. The molecule has 1 aromatic heterocycles. The van der Waals surface area contributed by atoms with Gasteiger partial charge in [-0.3, -0.25) is 4.79 Å². The van der Waals surface area contributed by atoms with Gasteiger partial charge in [0.05, 0.1) is 12.6 Å². The minimum atomic E-state index is -3.23. The second kappa shape index (κ2) is 6.50. The third kappa shape index (κ3) is 5.78. The third-order valence-corrected chi connectivity index (χ3v) is 3.07. The summed E-state index contributed by atoms with van der Waals surface area (Å²) in [6.45, 7) is 2.55. The Labute approximate surface area is 107 Å². The molecule has 0 aliphatic carbocycles. The second-order valence-electron chi connectivity index (χ2n) is 4.08. The number of aromatic nitrogens is 2. The minimum Gasteiger partial charge on any atom is -0.354 e. The summed E-state index contributed by atoms with van der Waals surface area (Å²) in [5.41, 5.74) is 0. The number of hydrogen-bond donors (Lipinski definition) is 2. The van der Waals surface area contributed by atoms with Gasteiger partial charge in [0.25, 0.3) is 0 Å². The lowest BCUT2D eigenvalue weighted by Gasteiger charge is -2.13. The van der Waals surface area contributed by atoms with E-state index in [-0.39, 0.29) is 24.9 Å². The molecule has 0 aliphatic heterocycles. The van der Waals surface area contributed by atoms with Crippen molar-refractivity contribution in [2.75, 3.05) is 19.3 Å². The standard InChI is InChI=1S/C10H18N4O3S/c1-9(14-6-5-11-8-14)7-12-10(15)3-4-13-18(2,16)17/h5-6,8-9,13H,3-4,7H2,1-2H3,(H,12,15). The Morgan fingerprint density at radius 3 is 2.78 bits per heavy atom. The Morgan fingerprint density at radius 2 is 2.22 bits per heavy atom. The van der Waals surface area contributed by atoms with Gasteiger partial charge in [0, 0.05) is 37.9 Å². The van der Waals surface area contributed by atoms with Crippen molar-refractivity contribution in [2.24, 2.45) is 0 Å². The molecule has 8 heteroatoms. The summed E-state index contributed by atoms with van der Waals surface area (Å²) in [5, 5.41) is 2.73. The summed E-state index contributed by atoms with van der Waals surface area (Å²) in [7, 11) is -3.23. The Morgan fingerprint density at radius 1 is 1.50 bits per heavy atom. The van der Waals surface area contributed by atoms with Crippen LogP contribution in [0.3, 0.4) is 0 Å². The average molecular weight is 274 g/mol. The quantitative estimate of drug-likeness (QED) is 0.701. The predicted molar refractivity (Wildman–Crippen MR) is 67.4 cm³/mol. The van der Waals surface area contributed by atoms with Gasteiger partial charge >= 0.3 is 0 Å². The lowest BCUT2D eigenvalue weighted by Crippen LogP contribution is -2.32. The van der Waals surface area contributed by atoms with Crippen molar-refractivity contribution in [3.05, 3.63) is 18.7 Å². The first-order valence-corrected chi connectivity index (χ1v) is 7.46. The molecule has 1 aromatic rings. The topological polar surface area (TPSA) is 93.1 Å². The summed E-state index contributed by atoms with van der Waals surface area (Å²) in [4.78, 5) is 15.4. The molecule has 7 nitrogen and oxygen atoms in total. The van der Waals surface area contributed by atoms with Crippen LogP contribution in [-0.4, -0.2) is 43.2 Å². The summed E-state index contributed by atoms with van der Waals surface area (Å²) in [6, 6.07) is 0.110. The van der Waals surface area contributed by atoms with Crippen LogP contribution in [-0.2, 0) is 14.8 Å². The van der Waals surface area contributed by atoms with Crippen LogP contribution in [0, 0.1) is 0 Å². The maximum Gasteiger partial charge on any atom is 0.221 e. The van der Waals surface area contributed by atoms with Gasteiger partial charge in [-0.2, -0.15) is 0 Å². The summed E-state index contributed by atoms with van der Waals surface area (Å²) >= 11 is 0. The smallest absolute Gasteiger partial charge is 0.221 e. The highest BCUT2D eigenvalue weighted by Gasteiger charge is 2.07. The van der Waals surface area contributed by atoms with E-state index in [2.05, 4.69) is 15.0 Å². The van der Waals surface area contributed by atoms with E-state index in [9.17, 15) is 13.2 Å². The molecule has 0 aromatic carbocycles. The van der Waals surface area contributed by atoms with Crippen LogP contribution in [0.5, 0.6) is 0 Å². The number of sulfonamides is 1. The molecule has 1 atom stereocenters. The number of nitrogens with zero attached hydrogens (tertiary/aromatic N) is 2. The first-order chi connectivity index (χ1) is 8.38. The Balaban J connectivity index is 2.21. The normalized spacial score (nSPS) is 13.2. The molecular formula is C10H18N4O3S. The lowest BCUT2D eigenvalue weighted by atomic mass is 10.3. The molecular weight excluding hydrogens is 256 g/mol. The van der Waals surface area contributed by atoms with Crippen LogP contribution in [0.25, 0.3) is 0 Å². The molecule has 0 saturated heterocycles. The van der Waals surface area contributed by atoms with Crippen molar-refractivity contribution in [1.29, 1.82) is 0 Å². The van der Waals surface area contributed by atoms with Gasteiger partial charge in [-0.25, -0.2) is 18.1 Å². The number of rotatable bonds is 7. The summed E-state index contributed by atoms with van der Waals surface area (Å²) in [6.07, 6.45) is 6.37. The Hall–Kier alpha value is -1.41. The van der Waals surface area contributed by atoms with Crippen molar-refractivity contribution < 1.29 is 13.2 Å². The van der Waals surface area contributed by atoms with Crippen LogP contribution in [0.1, 0.15) is 19.4 Å². The fraction of sp³-hybridized carbons (Fsp3) is 0.600. The first kappa shape index (κ1) is 14.7. The monoisotopic (exact) mass is 274 g/mol. The fourth-order valence-electron chi connectivity index (χ4n) is 1.34. The minimum absolute atomic E-state index is 0.110. The van der Waals surface area contributed by atoms with E-state index in [0.29, 0.717) is 6.54 Å². The predicted octanol–water partition coefficient (Wildman–Crippen LogP) is -0.500. The van der Waals surface area contributed by atoms with Crippen LogP contribution in [0.15, 0.2) is 18.7 Å². The van der Waals surface area contributed by atoms with Crippen LogP contribution >= 0.6 is 0 Å². The molecule has 102 valence electrons. The third-order valence-electron chi connectivity index (χ3n) is 2.34. The van der Waals surface area contributed by atoms with E-state index in [1.54, 1.807) is 12.5 Å². The van der Waals surface area contributed by atoms with Crippen molar-refractivity contribution in [3.8, 4) is 0 Å². The van der Waals surface area contributed by atoms with Gasteiger partial charge in [-0.15, -0.1) is 0 Å². The molecule has 1 amide bonds. The largest absolute Gasteiger partial charge is 0.354 e. The van der Waals surface area contributed by atoms with Gasteiger partial charge in [0.1, 0.15) is 0 Å². The maximum absolute atomic E-state index is 11.4. The average Bonchev–Trinajstić information content (AvgIpc) is 2.77. The van der Waals surface area contributed by atoms with Gasteiger partial charge < -0.3 is 9.88 Å². The van der Waals surface area contributed by atoms with Crippen molar-refractivity contribution in [2.45, 2.75) is 19.4 Å². The van der Waals surface area contributed by atoms with Crippen LogP contribution < -0.4 is 10.0 Å². The van der Waals surface area contributed by atoms with Gasteiger partial charge in [0.2, 0.25) is 15.9 Å². The van der Waals surface area contributed by atoms with E-state index < -0.39 is 10.0 Å². The molecule has 1 unspecified atom stereocenters. The fourth-order valence-corrected chi connectivity index (χ4v) is 1.81. The van der Waals surface area contributed by atoms with Crippen LogP contribution in [0.4, 0.5) is 0 Å². The number of carbonyl (C=O) groups excluding carboxylic acids is 1.